The molecule has 1 heterocycles. The molecule has 0 aromatic carbocycles. The Labute approximate surface area is 97.2 Å². The Morgan fingerprint density at radius 1 is 1.38 bits per heavy atom. The van der Waals surface area contributed by atoms with Gasteiger partial charge < -0.3 is 14.2 Å². The van der Waals surface area contributed by atoms with Gasteiger partial charge in [0.1, 0.15) is 0 Å². The van der Waals surface area contributed by atoms with E-state index in [2.05, 4.69) is 4.74 Å². The maximum absolute atomic E-state index is 11.1. The monoisotopic (exact) mass is 230 g/mol. The van der Waals surface area contributed by atoms with Gasteiger partial charge in [-0.3, -0.25) is 4.79 Å². The first-order valence-corrected chi connectivity index (χ1v) is 5.79. The predicted molar refractivity (Wildman–Crippen MR) is 59.9 cm³/mol. The van der Waals surface area contributed by atoms with Crippen LogP contribution in [-0.2, 0) is 19.0 Å². The van der Waals surface area contributed by atoms with E-state index in [1.807, 2.05) is 27.7 Å². The normalized spacial score (nSPS) is 30.1. The number of ether oxygens (including phenoxy) is 3. The third kappa shape index (κ3) is 3.46. The predicted octanol–water partition coefficient (Wildman–Crippen LogP) is 2.12. The van der Waals surface area contributed by atoms with Gasteiger partial charge >= 0.3 is 5.97 Å². The minimum Gasteiger partial charge on any atom is -0.469 e. The third-order valence-electron chi connectivity index (χ3n) is 2.99. The number of carbonyl (C=O) groups is 1. The first kappa shape index (κ1) is 13.5. The van der Waals surface area contributed by atoms with Crippen molar-refractivity contribution in [2.24, 2.45) is 5.92 Å². The molecular weight excluding hydrogens is 208 g/mol. The second-order valence-corrected chi connectivity index (χ2v) is 4.87. The van der Waals surface area contributed by atoms with E-state index in [9.17, 15) is 4.79 Å². The molecule has 0 N–H and O–H groups in total. The minimum absolute atomic E-state index is 0.107. The van der Waals surface area contributed by atoms with Gasteiger partial charge in [-0.2, -0.15) is 0 Å². The summed E-state index contributed by atoms with van der Waals surface area (Å²) in [5.74, 6) is -0.558. The topological polar surface area (TPSA) is 44.8 Å². The lowest BCUT2D eigenvalue weighted by molar-refractivity contribution is -0.172. The summed E-state index contributed by atoms with van der Waals surface area (Å²) in [6.07, 6.45) is 1.32. The largest absolute Gasteiger partial charge is 0.469 e. The van der Waals surface area contributed by atoms with Crippen molar-refractivity contribution in [3.05, 3.63) is 0 Å². The summed E-state index contributed by atoms with van der Waals surface area (Å²) in [4.78, 5) is 11.1. The van der Waals surface area contributed by atoms with Crippen molar-refractivity contribution < 1.29 is 19.0 Å². The molecule has 4 nitrogen and oxygen atoms in total. The molecule has 3 atom stereocenters. The van der Waals surface area contributed by atoms with E-state index in [0.29, 0.717) is 12.8 Å². The lowest BCUT2D eigenvalue weighted by Crippen LogP contribution is -2.30. The zero-order valence-corrected chi connectivity index (χ0v) is 10.8. The summed E-state index contributed by atoms with van der Waals surface area (Å²) in [6.45, 7) is 7.94. The Morgan fingerprint density at radius 2 is 1.88 bits per heavy atom. The Bertz CT molecular complexity index is 241. The van der Waals surface area contributed by atoms with Gasteiger partial charge in [0.05, 0.1) is 19.3 Å². The lowest BCUT2D eigenvalue weighted by atomic mass is 9.99. The average molecular weight is 230 g/mol. The van der Waals surface area contributed by atoms with E-state index in [1.54, 1.807) is 0 Å². The van der Waals surface area contributed by atoms with Gasteiger partial charge in [0.15, 0.2) is 5.79 Å². The smallest absolute Gasteiger partial charge is 0.305 e. The molecule has 0 bridgehead atoms. The van der Waals surface area contributed by atoms with Gasteiger partial charge in [-0.05, 0) is 26.7 Å². The van der Waals surface area contributed by atoms with Gasteiger partial charge in [-0.1, -0.05) is 6.92 Å². The molecule has 16 heavy (non-hydrogen) atoms. The standard InChI is InChI=1S/C12H22O4/c1-8(6-11(13)14-5)7-12(4)15-9(2)10(3)16-12/h8-10H,6-7H2,1-5H3/t8-,9+,10+/m0/s1. The van der Waals surface area contributed by atoms with Crippen LogP contribution in [0.2, 0.25) is 0 Å². The van der Waals surface area contributed by atoms with Gasteiger partial charge in [0, 0.05) is 12.8 Å². The van der Waals surface area contributed by atoms with E-state index < -0.39 is 5.79 Å². The van der Waals surface area contributed by atoms with Crippen LogP contribution in [0.4, 0.5) is 0 Å². The molecule has 1 aliphatic heterocycles. The molecule has 0 radical (unpaired) electrons. The van der Waals surface area contributed by atoms with E-state index in [4.69, 9.17) is 9.47 Å². The highest BCUT2D eigenvalue weighted by Gasteiger charge is 2.40. The zero-order chi connectivity index (χ0) is 12.3. The Morgan fingerprint density at radius 3 is 2.31 bits per heavy atom. The summed E-state index contributed by atoms with van der Waals surface area (Å²) < 4.78 is 16.2. The first-order valence-electron chi connectivity index (χ1n) is 5.79. The first-order chi connectivity index (χ1) is 7.36. The molecule has 4 heteroatoms. The quantitative estimate of drug-likeness (QED) is 0.694. The van der Waals surface area contributed by atoms with E-state index >= 15 is 0 Å². The van der Waals surface area contributed by atoms with Crippen LogP contribution in [-0.4, -0.2) is 31.1 Å². The van der Waals surface area contributed by atoms with E-state index in [0.717, 1.165) is 0 Å². The van der Waals surface area contributed by atoms with Crippen LogP contribution < -0.4 is 0 Å². The van der Waals surface area contributed by atoms with Crippen molar-refractivity contribution >= 4 is 5.97 Å². The van der Waals surface area contributed by atoms with Crippen molar-refractivity contribution in [1.82, 2.24) is 0 Å². The van der Waals surface area contributed by atoms with Crippen molar-refractivity contribution in [1.29, 1.82) is 0 Å². The van der Waals surface area contributed by atoms with Gasteiger partial charge in [0.2, 0.25) is 0 Å². The molecule has 0 aromatic rings. The molecule has 0 amide bonds. The Kier molecular flexibility index (Phi) is 4.33. The van der Waals surface area contributed by atoms with Gasteiger partial charge in [-0.15, -0.1) is 0 Å². The van der Waals surface area contributed by atoms with Crippen molar-refractivity contribution in [3.63, 3.8) is 0 Å². The fourth-order valence-corrected chi connectivity index (χ4v) is 2.18. The SMILES string of the molecule is COC(=O)C[C@H](C)CC1(C)O[C@H](C)[C@@H](C)O1. The highest BCUT2D eigenvalue weighted by molar-refractivity contribution is 5.69. The molecule has 94 valence electrons. The molecule has 1 rings (SSSR count). The van der Waals surface area contributed by atoms with Crippen LogP contribution in [0, 0.1) is 5.92 Å². The van der Waals surface area contributed by atoms with Crippen LogP contribution in [0.25, 0.3) is 0 Å². The minimum atomic E-state index is -0.563. The number of rotatable bonds is 4. The second-order valence-electron chi connectivity index (χ2n) is 4.87. The summed E-state index contributed by atoms with van der Waals surface area (Å²) in [7, 11) is 1.41. The maximum atomic E-state index is 11.1. The highest BCUT2D eigenvalue weighted by atomic mass is 16.7. The van der Waals surface area contributed by atoms with Crippen molar-refractivity contribution in [2.45, 2.75) is 58.5 Å². The average Bonchev–Trinajstić information content (AvgIpc) is 2.39. The van der Waals surface area contributed by atoms with Crippen LogP contribution in [0.3, 0.4) is 0 Å². The molecule has 0 spiro atoms. The van der Waals surface area contributed by atoms with Crippen molar-refractivity contribution in [3.8, 4) is 0 Å². The molecule has 0 aromatic heterocycles. The summed E-state index contributed by atoms with van der Waals surface area (Å²) in [6, 6.07) is 0. The van der Waals surface area contributed by atoms with Crippen molar-refractivity contribution in [2.75, 3.05) is 7.11 Å². The van der Waals surface area contributed by atoms with Crippen LogP contribution >= 0.6 is 0 Å². The number of hydrogen-bond acceptors (Lipinski definition) is 4. The van der Waals surface area contributed by atoms with E-state index in [-0.39, 0.29) is 24.1 Å². The number of esters is 1. The van der Waals surface area contributed by atoms with Gasteiger partial charge in [0.25, 0.3) is 0 Å². The summed E-state index contributed by atoms with van der Waals surface area (Å²) in [5.41, 5.74) is 0. The summed E-state index contributed by atoms with van der Waals surface area (Å²) in [5, 5.41) is 0. The molecule has 0 aliphatic carbocycles. The molecule has 1 saturated heterocycles. The molecule has 0 unspecified atom stereocenters. The molecular formula is C12H22O4. The lowest BCUT2D eigenvalue weighted by Gasteiger charge is -2.26. The highest BCUT2D eigenvalue weighted by Crippen LogP contribution is 2.34. The number of methoxy groups -OCH3 is 1. The number of hydrogen-bond donors (Lipinski definition) is 0. The fourth-order valence-electron chi connectivity index (χ4n) is 2.18. The molecule has 0 saturated carbocycles. The van der Waals surface area contributed by atoms with Gasteiger partial charge in [-0.25, -0.2) is 0 Å². The summed E-state index contributed by atoms with van der Waals surface area (Å²) >= 11 is 0. The number of carbonyl (C=O) groups excluding carboxylic acids is 1. The van der Waals surface area contributed by atoms with Crippen LogP contribution in [0.1, 0.15) is 40.5 Å². The van der Waals surface area contributed by atoms with Crippen LogP contribution in [0.15, 0.2) is 0 Å². The molecule has 1 fully saturated rings. The van der Waals surface area contributed by atoms with E-state index in [1.165, 1.54) is 7.11 Å². The molecule has 1 aliphatic rings. The second kappa shape index (κ2) is 5.15. The zero-order valence-electron chi connectivity index (χ0n) is 10.8. The Hall–Kier alpha value is -0.610. The third-order valence-corrected chi connectivity index (χ3v) is 2.99. The Balaban J connectivity index is 2.44. The fraction of sp³-hybridized carbons (Fsp3) is 0.917. The maximum Gasteiger partial charge on any atom is 0.305 e. The van der Waals surface area contributed by atoms with Crippen LogP contribution in [0.5, 0.6) is 0 Å².